The molecule has 2 saturated heterocycles. The van der Waals surface area contributed by atoms with E-state index in [1.807, 2.05) is 13.0 Å². The second-order valence-electron chi connectivity index (χ2n) is 7.77. The summed E-state index contributed by atoms with van der Waals surface area (Å²) in [4.78, 5) is 33.9. The standard InChI is InChI=1S/C25H20F2N2O4/c1-2-32-18-11-9-16(10-12-18)28-24(30)21-22(15-8-13-19(26)20(27)14-15)29(33-23(21)25(28)31)17-6-4-3-5-7-17/h3-14,21-23H,2H2,1H3/t21-,22+,23+/m0/s1. The molecule has 0 radical (unpaired) electrons. The maximum atomic E-state index is 14.1. The fourth-order valence-electron chi connectivity index (χ4n) is 4.36. The van der Waals surface area contributed by atoms with E-state index in [4.69, 9.17) is 9.57 Å². The molecule has 3 atom stereocenters. The van der Waals surface area contributed by atoms with Gasteiger partial charge < -0.3 is 4.74 Å². The lowest BCUT2D eigenvalue weighted by molar-refractivity contribution is -0.126. The van der Waals surface area contributed by atoms with Crippen LogP contribution >= 0.6 is 0 Å². The van der Waals surface area contributed by atoms with Gasteiger partial charge in [0, 0.05) is 0 Å². The number of fused-ring (bicyclic) bond motifs is 1. The van der Waals surface area contributed by atoms with E-state index < -0.39 is 41.5 Å². The first-order valence-electron chi connectivity index (χ1n) is 10.6. The molecule has 8 heteroatoms. The summed E-state index contributed by atoms with van der Waals surface area (Å²) in [6.45, 7) is 2.35. The third-order valence-corrected chi connectivity index (χ3v) is 5.82. The van der Waals surface area contributed by atoms with Gasteiger partial charge in [0.15, 0.2) is 17.7 Å². The molecule has 2 heterocycles. The van der Waals surface area contributed by atoms with Gasteiger partial charge in [-0.2, -0.15) is 0 Å². The predicted octanol–water partition coefficient (Wildman–Crippen LogP) is 4.41. The molecule has 2 amide bonds. The molecule has 0 saturated carbocycles. The average Bonchev–Trinajstić information content (AvgIpc) is 3.33. The van der Waals surface area contributed by atoms with Gasteiger partial charge in [-0.3, -0.25) is 14.4 Å². The van der Waals surface area contributed by atoms with Gasteiger partial charge in [-0.1, -0.05) is 24.3 Å². The molecular weight excluding hydrogens is 430 g/mol. The maximum Gasteiger partial charge on any atom is 0.266 e. The number of benzene rings is 3. The quantitative estimate of drug-likeness (QED) is 0.539. The molecule has 5 rings (SSSR count). The van der Waals surface area contributed by atoms with Crippen LogP contribution in [-0.2, 0) is 14.4 Å². The Hall–Kier alpha value is -3.78. The van der Waals surface area contributed by atoms with Crippen LogP contribution in [0.3, 0.4) is 0 Å². The number of hydrogen-bond acceptors (Lipinski definition) is 5. The topological polar surface area (TPSA) is 59.1 Å². The summed E-state index contributed by atoms with van der Waals surface area (Å²) >= 11 is 0. The van der Waals surface area contributed by atoms with Crippen LogP contribution in [0.1, 0.15) is 18.5 Å². The first-order chi connectivity index (χ1) is 16.0. The number of anilines is 2. The lowest BCUT2D eigenvalue weighted by Crippen LogP contribution is -2.37. The Kier molecular flexibility index (Phi) is 5.30. The molecule has 0 unspecified atom stereocenters. The van der Waals surface area contributed by atoms with E-state index in [2.05, 4.69) is 0 Å². The number of rotatable bonds is 5. The van der Waals surface area contributed by atoms with Crippen molar-refractivity contribution in [3.8, 4) is 5.75 Å². The zero-order valence-electron chi connectivity index (χ0n) is 17.7. The van der Waals surface area contributed by atoms with Crippen LogP contribution < -0.4 is 14.7 Å². The van der Waals surface area contributed by atoms with Crippen molar-refractivity contribution in [2.75, 3.05) is 16.6 Å². The first-order valence-corrected chi connectivity index (χ1v) is 10.6. The number of para-hydroxylation sites is 1. The third kappa shape index (κ3) is 3.52. The zero-order chi connectivity index (χ0) is 23.1. The highest BCUT2D eigenvalue weighted by atomic mass is 19.2. The lowest BCUT2D eigenvalue weighted by atomic mass is 9.90. The normalized spacial score (nSPS) is 22.1. The molecule has 2 fully saturated rings. The Bertz CT molecular complexity index is 1200. The fraction of sp³-hybridized carbons (Fsp3) is 0.200. The van der Waals surface area contributed by atoms with Crippen molar-refractivity contribution in [2.45, 2.75) is 19.1 Å². The number of nitrogens with zero attached hydrogens (tertiary/aromatic N) is 2. The van der Waals surface area contributed by atoms with Gasteiger partial charge in [-0.25, -0.2) is 18.7 Å². The largest absolute Gasteiger partial charge is 0.494 e. The van der Waals surface area contributed by atoms with Gasteiger partial charge in [0.25, 0.3) is 5.91 Å². The lowest BCUT2D eigenvalue weighted by Gasteiger charge is -2.28. The molecule has 0 aromatic heterocycles. The van der Waals surface area contributed by atoms with Crippen molar-refractivity contribution in [2.24, 2.45) is 5.92 Å². The molecule has 0 N–H and O–H groups in total. The Balaban J connectivity index is 1.55. The summed E-state index contributed by atoms with van der Waals surface area (Å²) in [5, 5.41) is 1.44. The van der Waals surface area contributed by atoms with Crippen molar-refractivity contribution in [3.05, 3.63) is 90.0 Å². The molecule has 33 heavy (non-hydrogen) atoms. The van der Waals surface area contributed by atoms with Crippen LogP contribution in [0.2, 0.25) is 0 Å². The highest BCUT2D eigenvalue weighted by Crippen LogP contribution is 2.47. The van der Waals surface area contributed by atoms with E-state index in [0.29, 0.717) is 29.3 Å². The Morgan fingerprint density at radius 3 is 2.27 bits per heavy atom. The Labute approximate surface area is 188 Å². The summed E-state index contributed by atoms with van der Waals surface area (Å²) in [5.74, 6) is -3.34. The van der Waals surface area contributed by atoms with Crippen molar-refractivity contribution < 1.29 is 27.9 Å². The summed E-state index contributed by atoms with van der Waals surface area (Å²) in [6.07, 6.45) is -1.10. The van der Waals surface area contributed by atoms with Gasteiger partial charge in [-0.05, 0) is 61.0 Å². The number of hydroxylamine groups is 1. The number of carbonyl (C=O) groups excluding carboxylic acids is 2. The average molecular weight is 450 g/mol. The van der Waals surface area contributed by atoms with E-state index in [1.54, 1.807) is 48.5 Å². The molecule has 3 aromatic carbocycles. The van der Waals surface area contributed by atoms with E-state index in [-0.39, 0.29) is 0 Å². The summed E-state index contributed by atoms with van der Waals surface area (Å²) in [6, 6.07) is 18.1. The smallest absolute Gasteiger partial charge is 0.266 e. The molecule has 6 nitrogen and oxygen atoms in total. The van der Waals surface area contributed by atoms with E-state index in [9.17, 15) is 18.4 Å². The monoisotopic (exact) mass is 450 g/mol. The van der Waals surface area contributed by atoms with Gasteiger partial charge in [0.1, 0.15) is 11.7 Å². The second kappa shape index (κ2) is 8.29. The minimum atomic E-state index is -1.10. The van der Waals surface area contributed by atoms with E-state index in [0.717, 1.165) is 17.0 Å². The summed E-state index contributed by atoms with van der Waals surface area (Å²) in [7, 11) is 0. The van der Waals surface area contributed by atoms with Gasteiger partial charge in [0.2, 0.25) is 5.91 Å². The second-order valence-corrected chi connectivity index (χ2v) is 7.77. The number of ether oxygens (including phenoxy) is 1. The van der Waals surface area contributed by atoms with Crippen molar-refractivity contribution in [3.63, 3.8) is 0 Å². The molecule has 3 aromatic rings. The van der Waals surface area contributed by atoms with Crippen LogP contribution in [0.25, 0.3) is 0 Å². The maximum absolute atomic E-state index is 14.1. The first kappa shape index (κ1) is 21.1. The van der Waals surface area contributed by atoms with Gasteiger partial charge in [-0.15, -0.1) is 0 Å². The van der Waals surface area contributed by atoms with E-state index >= 15 is 0 Å². The molecule has 168 valence electrons. The van der Waals surface area contributed by atoms with Gasteiger partial charge >= 0.3 is 0 Å². The highest BCUT2D eigenvalue weighted by Gasteiger charge is 2.60. The van der Waals surface area contributed by atoms with Crippen LogP contribution in [0.4, 0.5) is 20.2 Å². The van der Waals surface area contributed by atoms with Crippen LogP contribution in [0.15, 0.2) is 72.8 Å². The zero-order valence-corrected chi connectivity index (χ0v) is 17.7. The highest BCUT2D eigenvalue weighted by molar-refractivity contribution is 6.23. The van der Waals surface area contributed by atoms with Crippen LogP contribution in [0.5, 0.6) is 5.75 Å². The predicted molar refractivity (Wildman–Crippen MR) is 116 cm³/mol. The Morgan fingerprint density at radius 2 is 1.61 bits per heavy atom. The fourth-order valence-corrected chi connectivity index (χ4v) is 4.36. The minimum absolute atomic E-state index is 0.333. The van der Waals surface area contributed by atoms with Crippen molar-refractivity contribution in [1.29, 1.82) is 0 Å². The summed E-state index contributed by atoms with van der Waals surface area (Å²) < 4.78 is 33.2. The molecule has 2 aliphatic rings. The SMILES string of the molecule is CCOc1ccc(N2C(=O)[C@H]3[C@@H](c4ccc(F)c(F)c4)N(c4ccccc4)O[C@H]3C2=O)cc1. The molecule has 0 aliphatic carbocycles. The Morgan fingerprint density at radius 1 is 0.879 bits per heavy atom. The summed E-state index contributed by atoms with van der Waals surface area (Å²) in [5.41, 5.74) is 1.32. The number of imide groups is 1. The van der Waals surface area contributed by atoms with Crippen LogP contribution in [-0.4, -0.2) is 24.5 Å². The third-order valence-electron chi connectivity index (χ3n) is 5.82. The van der Waals surface area contributed by atoms with Crippen molar-refractivity contribution in [1.82, 2.24) is 0 Å². The number of halogens is 2. The minimum Gasteiger partial charge on any atom is -0.494 e. The molecule has 0 bridgehead atoms. The van der Waals surface area contributed by atoms with Crippen molar-refractivity contribution >= 4 is 23.2 Å². The van der Waals surface area contributed by atoms with Gasteiger partial charge in [0.05, 0.1) is 24.0 Å². The number of amides is 2. The molecule has 2 aliphatic heterocycles. The molecular formula is C25H20F2N2O4. The number of carbonyl (C=O) groups is 2. The van der Waals surface area contributed by atoms with E-state index in [1.165, 1.54) is 11.1 Å². The molecule has 0 spiro atoms. The van der Waals surface area contributed by atoms with Crippen LogP contribution in [0, 0.1) is 17.6 Å². The number of hydrogen-bond donors (Lipinski definition) is 0.